The van der Waals surface area contributed by atoms with Crippen LogP contribution in [0.25, 0.3) is 22.6 Å². The van der Waals surface area contributed by atoms with Crippen LogP contribution in [0.3, 0.4) is 0 Å². The van der Waals surface area contributed by atoms with E-state index in [0.717, 1.165) is 5.56 Å². The lowest BCUT2D eigenvalue weighted by Gasteiger charge is -2.10. The Hall–Kier alpha value is -3.71. The van der Waals surface area contributed by atoms with Crippen LogP contribution in [0.15, 0.2) is 59.0 Å². The van der Waals surface area contributed by atoms with Crippen LogP contribution < -0.4 is 19.5 Å². The molecule has 8 heteroatoms. The van der Waals surface area contributed by atoms with Crippen molar-refractivity contribution in [3.8, 4) is 28.7 Å². The molecule has 1 heterocycles. The number of aromatic nitrogens is 1. The van der Waals surface area contributed by atoms with Crippen molar-refractivity contribution in [1.29, 1.82) is 0 Å². The molecule has 0 radical (unpaired) electrons. The van der Waals surface area contributed by atoms with Gasteiger partial charge in [-0.2, -0.15) is 0 Å². The van der Waals surface area contributed by atoms with Gasteiger partial charge in [-0.25, -0.2) is 4.98 Å². The summed E-state index contributed by atoms with van der Waals surface area (Å²) in [6.07, 6.45) is 0. The highest BCUT2D eigenvalue weighted by Gasteiger charge is 2.14. The van der Waals surface area contributed by atoms with Gasteiger partial charge in [-0.05, 0) is 54.6 Å². The Kier molecular flexibility index (Phi) is 5.68. The van der Waals surface area contributed by atoms with Gasteiger partial charge in [0, 0.05) is 16.8 Å². The molecular formula is C23H19ClN2O5. The minimum Gasteiger partial charge on any atom is -0.495 e. The van der Waals surface area contributed by atoms with E-state index < -0.39 is 0 Å². The molecule has 1 amide bonds. The number of fused-ring (bicyclic) bond motifs is 1. The van der Waals surface area contributed by atoms with Gasteiger partial charge in [0.1, 0.15) is 11.3 Å². The van der Waals surface area contributed by atoms with E-state index in [1.165, 1.54) is 7.11 Å². The number of nitrogens with one attached hydrogen (secondary N) is 1. The van der Waals surface area contributed by atoms with Crippen molar-refractivity contribution in [1.82, 2.24) is 4.98 Å². The van der Waals surface area contributed by atoms with Crippen molar-refractivity contribution in [2.24, 2.45) is 0 Å². The number of anilines is 1. The molecule has 7 nitrogen and oxygen atoms in total. The van der Waals surface area contributed by atoms with Crippen molar-refractivity contribution >= 4 is 34.3 Å². The van der Waals surface area contributed by atoms with Crippen LogP contribution in [0.4, 0.5) is 5.69 Å². The molecule has 0 saturated heterocycles. The third-order valence-corrected chi connectivity index (χ3v) is 4.99. The monoisotopic (exact) mass is 438 g/mol. The average molecular weight is 439 g/mol. The van der Waals surface area contributed by atoms with Gasteiger partial charge in [-0.1, -0.05) is 11.6 Å². The summed E-state index contributed by atoms with van der Waals surface area (Å²) in [6, 6.07) is 15.5. The smallest absolute Gasteiger partial charge is 0.255 e. The van der Waals surface area contributed by atoms with E-state index in [2.05, 4.69) is 10.3 Å². The van der Waals surface area contributed by atoms with Gasteiger partial charge in [0.15, 0.2) is 17.1 Å². The minimum absolute atomic E-state index is 0.286. The number of methoxy groups -OCH3 is 3. The fourth-order valence-corrected chi connectivity index (χ4v) is 3.37. The van der Waals surface area contributed by atoms with E-state index >= 15 is 0 Å². The van der Waals surface area contributed by atoms with Crippen molar-refractivity contribution in [3.05, 3.63) is 65.2 Å². The molecule has 0 aliphatic carbocycles. The van der Waals surface area contributed by atoms with Crippen LogP contribution in [-0.2, 0) is 0 Å². The third-order valence-electron chi connectivity index (χ3n) is 4.69. The molecular weight excluding hydrogens is 420 g/mol. The van der Waals surface area contributed by atoms with E-state index in [1.807, 2.05) is 6.07 Å². The fraction of sp³-hybridized carbons (Fsp3) is 0.130. The summed E-state index contributed by atoms with van der Waals surface area (Å²) < 4.78 is 21.5. The number of hydrogen-bond donors (Lipinski definition) is 1. The maximum atomic E-state index is 12.7. The molecule has 0 saturated carbocycles. The highest BCUT2D eigenvalue weighted by Crippen LogP contribution is 2.32. The van der Waals surface area contributed by atoms with Crippen molar-refractivity contribution in [2.45, 2.75) is 0 Å². The Morgan fingerprint density at radius 3 is 2.35 bits per heavy atom. The highest BCUT2D eigenvalue weighted by molar-refractivity contribution is 6.32. The van der Waals surface area contributed by atoms with Gasteiger partial charge < -0.3 is 23.9 Å². The first kappa shape index (κ1) is 20.6. The first-order chi connectivity index (χ1) is 15.0. The Labute approximate surface area is 183 Å². The summed E-state index contributed by atoms with van der Waals surface area (Å²) in [6.45, 7) is 0. The van der Waals surface area contributed by atoms with E-state index in [0.29, 0.717) is 50.5 Å². The number of carbonyl (C=O) groups is 1. The first-order valence-corrected chi connectivity index (χ1v) is 9.68. The number of oxazole rings is 1. The Morgan fingerprint density at radius 1 is 0.903 bits per heavy atom. The van der Waals surface area contributed by atoms with E-state index in [1.54, 1.807) is 62.8 Å². The largest absolute Gasteiger partial charge is 0.495 e. The number of ether oxygens (including phenoxy) is 3. The predicted molar refractivity (Wildman–Crippen MR) is 119 cm³/mol. The zero-order chi connectivity index (χ0) is 22.0. The molecule has 0 atom stereocenters. The Balaban J connectivity index is 1.58. The summed E-state index contributed by atoms with van der Waals surface area (Å²) in [7, 11) is 4.61. The van der Waals surface area contributed by atoms with Crippen LogP contribution in [0, 0.1) is 0 Å². The summed E-state index contributed by atoms with van der Waals surface area (Å²) in [5, 5.41) is 3.32. The second kappa shape index (κ2) is 8.57. The summed E-state index contributed by atoms with van der Waals surface area (Å²) in [4.78, 5) is 17.2. The fourth-order valence-electron chi connectivity index (χ4n) is 3.11. The molecule has 0 spiro atoms. The number of benzene rings is 3. The molecule has 4 rings (SSSR count). The lowest BCUT2D eigenvalue weighted by molar-refractivity contribution is 0.102. The van der Waals surface area contributed by atoms with Gasteiger partial charge in [-0.3, -0.25) is 4.79 Å². The van der Waals surface area contributed by atoms with Crippen molar-refractivity contribution < 1.29 is 23.4 Å². The molecule has 0 fully saturated rings. The van der Waals surface area contributed by atoms with Crippen LogP contribution in [0.1, 0.15) is 10.4 Å². The van der Waals surface area contributed by atoms with Gasteiger partial charge >= 0.3 is 0 Å². The molecule has 158 valence electrons. The van der Waals surface area contributed by atoms with Crippen LogP contribution in [0.2, 0.25) is 5.02 Å². The number of amides is 1. The maximum absolute atomic E-state index is 12.7. The minimum atomic E-state index is -0.286. The zero-order valence-corrected chi connectivity index (χ0v) is 17.8. The molecule has 0 aliphatic heterocycles. The van der Waals surface area contributed by atoms with E-state index in [9.17, 15) is 4.79 Å². The molecule has 4 aromatic rings. The maximum Gasteiger partial charge on any atom is 0.255 e. The molecule has 31 heavy (non-hydrogen) atoms. The molecule has 0 bridgehead atoms. The standard InChI is InChI=1S/C23H19ClN2O5/c1-28-18-7-5-14(10-16(18)24)23-26-17-12-15(6-9-19(17)31-23)25-22(27)13-4-8-20(29-2)21(11-13)30-3/h4-12H,1-3H3,(H,25,27). The quantitative estimate of drug-likeness (QED) is 0.432. The highest BCUT2D eigenvalue weighted by atomic mass is 35.5. The molecule has 0 unspecified atom stereocenters. The molecule has 0 aliphatic rings. The van der Waals surface area contributed by atoms with Gasteiger partial charge in [0.25, 0.3) is 5.91 Å². The second-order valence-corrected chi connectivity index (χ2v) is 6.98. The van der Waals surface area contributed by atoms with Gasteiger partial charge in [-0.15, -0.1) is 0 Å². The normalized spacial score (nSPS) is 10.7. The topological polar surface area (TPSA) is 82.8 Å². The number of rotatable bonds is 6. The van der Waals surface area contributed by atoms with Crippen LogP contribution in [-0.4, -0.2) is 32.2 Å². The summed E-state index contributed by atoms with van der Waals surface area (Å²) in [5.74, 6) is 1.73. The number of halogens is 1. The second-order valence-electron chi connectivity index (χ2n) is 6.57. The Bertz CT molecular complexity index is 1270. The van der Waals surface area contributed by atoms with E-state index in [-0.39, 0.29) is 5.91 Å². The Morgan fingerprint density at radius 2 is 1.65 bits per heavy atom. The number of carbonyl (C=O) groups excluding carboxylic acids is 1. The molecule has 1 N–H and O–H groups in total. The van der Waals surface area contributed by atoms with Crippen LogP contribution >= 0.6 is 11.6 Å². The van der Waals surface area contributed by atoms with Crippen LogP contribution in [0.5, 0.6) is 17.2 Å². The van der Waals surface area contributed by atoms with E-state index in [4.69, 9.17) is 30.2 Å². The zero-order valence-electron chi connectivity index (χ0n) is 17.1. The van der Waals surface area contributed by atoms with Crippen molar-refractivity contribution in [2.75, 3.05) is 26.6 Å². The number of hydrogen-bond acceptors (Lipinski definition) is 6. The van der Waals surface area contributed by atoms with Crippen molar-refractivity contribution in [3.63, 3.8) is 0 Å². The lowest BCUT2D eigenvalue weighted by Crippen LogP contribution is -2.12. The first-order valence-electron chi connectivity index (χ1n) is 9.30. The number of nitrogens with zero attached hydrogens (tertiary/aromatic N) is 1. The third kappa shape index (κ3) is 4.13. The van der Waals surface area contributed by atoms with Gasteiger partial charge in [0.05, 0.1) is 26.4 Å². The average Bonchev–Trinajstić information content (AvgIpc) is 3.22. The molecule has 1 aromatic heterocycles. The summed E-state index contributed by atoms with van der Waals surface area (Å²) in [5.41, 5.74) is 2.93. The predicted octanol–water partition coefficient (Wildman–Crippen LogP) is 5.43. The lowest BCUT2D eigenvalue weighted by atomic mass is 10.1. The summed E-state index contributed by atoms with van der Waals surface area (Å²) >= 11 is 6.20. The van der Waals surface area contributed by atoms with Gasteiger partial charge in [0.2, 0.25) is 5.89 Å². The SMILES string of the molecule is COc1ccc(-c2nc3cc(NC(=O)c4ccc(OC)c(OC)c4)ccc3o2)cc1Cl. The molecule has 3 aromatic carbocycles.